The molecule has 0 atom stereocenters. The lowest BCUT2D eigenvalue weighted by Gasteiger charge is -2.14. The molecule has 0 saturated heterocycles. The van der Waals surface area contributed by atoms with Gasteiger partial charge in [0.2, 0.25) is 5.91 Å². The highest BCUT2D eigenvalue weighted by Crippen LogP contribution is 2.26. The number of carbonyl (C=O) groups is 1. The van der Waals surface area contributed by atoms with Gasteiger partial charge in [0.15, 0.2) is 0 Å². The van der Waals surface area contributed by atoms with Crippen molar-refractivity contribution >= 4 is 23.3 Å². The number of anilines is 1. The average molecular weight is 306 g/mol. The molecule has 0 unspecified atom stereocenters. The fraction of sp³-hybridized carbons (Fsp3) is 0.375. The third-order valence-corrected chi connectivity index (χ3v) is 3.39. The van der Waals surface area contributed by atoms with E-state index in [0.29, 0.717) is 17.3 Å². The van der Waals surface area contributed by atoms with Crippen molar-refractivity contribution in [2.24, 2.45) is 0 Å². The Labute approximate surface area is 130 Å². The first kappa shape index (κ1) is 15.6. The van der Waals surface area contributed by atoms with Gasteiger partial charge in [-0.2, -0.15) is 5.10 Å². The summed E-state index contributed by atoms with van der Waals surface area (Å²) in [4.78, 5) is 11.7. The average Bonchev–Trinajstić information content (AvgIpc) is 2.83. The summed E-state index contributed by atoms with van der Waals surface area (Å²) in [6.07, 6.45) is 0.427. The molecule has 2 rings (SSSR count). The Balaban J connectivity index is 2.49. The SMILES string of the molecule is CCC(=O)Nc1cc(C(C)(C)C)nn1-c1ccc(Cl)cc1. The zero-order valence-corrected chi connectivity index (χ0v) is 13.5. The topological polar surface area (TPSA) is 46.9 Å². The molecular formula is C16H20ClN3O. The van der Waals surface area contributed by atoms with Gasteiger partial charge >= 0.3 is 0 Å². The summed E-state index contributed by atoms with van der Waals surface area (Å²) in [5.74, 6) is 0.639. The van der Waals surface area contributed by atoms with Gasteiger partial charge in [-0.3, -0.25) is 4.79 Å². The van der Waals surface area contributed by atoms with E-state index in [4.69, 9.17) is 11.6 Å². The lowest BCUT2D eigenvalue weighted by Crippen LogP contribution is -2.13. The molecule has 1 heterocycles. The predicted molar refractivity (Wildman–Crippen MR) is 86.2 cm³/mol. The van der Waals surface area contributed by atoms with Crippen molar-refractivity contribution in [1.29, 1.82) is 0 Å². The van der Waals surface area contributed by atoms with Gasteiger partial charge in [0.25, 0.3) is 0 Å². The number of nitrogens with one attached hydrogen (secondary N) is 1. The summed E-state index contributed by atoms with van der Waals surface area (Å²) >= 11 is 5.92. The van der Waals surface area contributed by atoms with Crippen LogP contribution in [-0.4, -0.2) is 15.7 Å². The molecule has 0 bridgehead atoms. The van der Waals surface area contributed by atoms with Crippen LogP contribution in [0.5, 0.6) is 0 Å². The maximum Gasteiger partial charge on any atom is 0.225 e. The maximum atomic E-state index is 11.7. The molecule has 2 aromatic rings. The third kappa shape index (κ3) is 3.64. The number of hydrogen-bond acceptors (Lipinski definition) is 2. The second kappa shape index (κ2) is 5.90. The van der Waals surface area contributed by atoms with Crippen LogP contribution in [0.15, 0.2) is 30.3 Å². The van der Waals surface area contributed by atoms with Gasteiger partial charge in [-0.05, 0) is 24.3 Å². The molecule has 1 aromatic carbocycles. The third-order valence-electron chi connectivity index (χ3n) is 3.14. The molecule has 0 aliphatic rings. The van der Waals surface area contributed by atoms with Gasteiger partial charge in [-0.1, -0.05) is 39.3 Å². The molecule has 0 radical (unpaired) electrons. The Hall–Kier alpha value is -1.81. The Morgan fingerprint density at radius 2 is 1.90 bits per heavy atom. The van der Waals surface area contributed by atoms with Gasteiger partial charge in [0, 0.05) is 22.9 Å². The van der Waals surface area contributed by atoms with Crippen molar-refractivity contribution in [3.05, 3.63) is 41.0 Å². The van der Waals surface area contributed by atoms with E-state index >= 15 is 0 Å². The second-order valence-corrected chi connectivity index (χ2v) is 6.39. The Morgan fingerprint density at radius 3 is 2.43 bits per heavy atom. The highest BCUT2D eigenvalue weighted by Gasteiger charge is 2.21. The molecule has 0 aliphatic carbocycles. The van der Waals surface area contributed by atoms with Gasteiger partial charge in [0.1, 0.15) is 5.82 Å². The van der Waals surface area contributed by atoms with Crippen LogP contribution in [0.1, 0.15) is 39.8 Å². The van der Waals surface area contributed by atoms with E-state index < -0.39 is 0 Å². The number of hydrogen-bond donors (Lipinski definition) is 1. The van der Waals surface area contributed by atoms with Crippen molar-refractivity contribution in [2.45, 2.75) is 39.5 Å². The zero-order valence-electron chi connectivity index (χ0n) is 12.8. The Kier molecular flexibility index (Phi) is 4.37. The molecule has 0 aliphatic heterocycles. The second-order valence-electron chi connectivity index (χ2n) is 5.95. The lowest BCUT2D eigenvalue weighted by molar-refractivity contribution is -0.115. The van der Waals surface area contributed by atoms with E-state index in [1.54, 1.807) is 16.8 Å². The summed E-state index contributed by atoms with van der Waals surface area (Å²) in [6.45, 7) is 8.09. The number of carbonyl (C=O) groups excluding carboxylic acids is 1. The number of benzene rings is 1. The monoisotopic (exact) mass is 305 g/mol. The van der Waals surface area contributed by atoms with Crippen LogP contribution in [0.2, 0.25) is 5.02 Å². The largest absolute Gasteiger partial charge is 0.311 e. The smallest absolute Gasteiger partial charge is 0.225 e. The first-order valence-electron chi connectivity index (χ1n) is 6.97. The fourth-order valence-corrected chi connectivity index (χ4v) is 1.97. The van der Waals surface area contributed by atoms with Crippen LogP contribution in [0, 0.1) is 0 Å². The fourth-order valence-electron chi connectivity index (χ4n) is 1.85. The van der Waals surface area contributed by atoms with Gasteiger partial charge in [-0.25, -0.2) is 4.68 Å². The van der Waals surface area contributed by atoms with Crippen LogP contribution in [0.3, 0.4) is 0 Å². The summed E-state index contributed by atoms with van der Waals surface area (Å²) in [7, 11) is 0. The molecule has 1 amide bonds. The summed E-state index contributed by atoms with van der Waals surface area (Å²) in [5.41, 5.74) is 1.69. The molecule has 0 spiro atoms. The van der Waals surface area contributed by atoms with E-state index in [0.717, 1.165) is 11.4 Å². The van der Waals surface area contributed by atoms with E-state index in [1.807, 2.05) is 25.1 Å². The normalized spacial score (nSPS) is 11.5. The lowest BCUT2D eigenvalue weighted by atomic mass is 9.92. The highest BCUT2D eigenvalue weighted by molar-refractivity contribution is 6.30. The Morgan fingerprint density at radius 1 is 1.29 bits per heavy atom. The van der Waals surface area contributed by atoms with E-state index in [9.17, 15) is 4.79 Å². The number of rotatable bonds is 3. The molecule has 4 nitrogen and oxygen atoms in total. The maximum absolute atomic E-state index is 11.7. The molecule has 0 saturated carbocycles. The van der Waals surface area contributed by atoms with Gasteiger partial charge in [-0.15, -0.1) is 0 Å². The number of amides is 1. The van der Waals surface area contributed by atoms with E-state index in [2.05, 4.69) is 31.2 Å². The molecule has 21 heavy (non-hydrogen) atoms. The van der Waals surface area contributed by atoms with Crippen molar-refractivity contribution in [2.75, 3.05) is 5.32 Å². The minimum Gasteiger partial charge on any atom is -0.311 e. The molecule has 1 N–H and O–H groups in total. The van der Waals surface area contributed by atoms with Gasteiger partial charge in [0.05, 0.1) is 11.4 Å². The van der Waals surface area contributed by atoms with Crippen LogP contribution in [0.4, 0.5) is 5.82 Å². The molecular weight excluding hydrogens is 286 g/mol. The van der Waals surface area contributed by atoms with E-state index in [1.165, 1.54) is 0 Å². The molecule has 5 heteroatoms. The number of halogens is 1. The standard InChI is InChI=1S/C16H20ClN3O/c1-5-15(21)18-14-10-13(16(2,3)4)19-20(14)12-8-6-11(17)7-9-12/h6-10H,5H2,1-4H3,(H,18,21). The molecule has 112 valence electrons. The quantitative estimate of drug-likeness (QED) is 0.925. The zero-order chi connectivity index (χ0) is 15.6. The van der Waals surface area contributed by atoms with Crippen LogP contribution in [0.25, 0.3) is 5.69 Å². The number of aromatic nitrogens is 2. The Bertz CT molecular complexity index is 639. The minimum atomic E-state index is -0.0939. The summed E-state index contributed by atoms with van der Waals surface area (Å²) < 4.78 is 1.74. The molecule has 1 aromatic heterocycles. The van der Waals surface area contributed by atoms with Crippen LogP contribution < -0.4 is 5.32 Å². The first-order chi connectivity index (χ1) is 9.81. The van der Waals surface area contributed by atoms with E-state index in [-0.39, 0.29) is 11.3 Å². The number of nitrogens with zero attached hydrogens (tertiary/aromatic N) is 2. The van der Waals surface area contributed by atoms with Crippen LogP contribution in [-0.2, 0) is 10.2 Å². The van der Waals surface area contributed by atoms with Crippen molar-refractivity contribution in [1.82, 2.24) is 9.78 Å². The first-order valence-corrected chi connectivity index (χ1v) is 7.35. The predicted octanol–water partition coefficient (Wildman–Crippen LogP) is 4.17. The van der Waals surface area contributed by atoms with Gasteiger partial charge < -0.3 is 5.32 Å². The molecule has 0 fully saturated rings. The summed E-state index contributed by atoms with van der Waals surface area (Å²) in [5, 5.41) is 8.19. The van der Waals surface area contributed by atoms with Crippen molar-refractivity contribution in [3.8, 4) is 5.69 Å². The van der Waals surface area contributed by atoms with Crippen molar-refractivity contribution in [3.63, 3.8) is 0 Å². The summed E-state index contributed by atoms with van der Waals surface area (Å²) in [6, 6.07) is 9.29. The van der Waals surface area contributed by atoms with Crippen LogP contribution >= 0.6 is 11.6 Å². The highest BCUT2D eigenvalue weighted by atomic mass is 35.5. The van der Waals surface area contributed by atoms with Crippen molar-refractivity contribution < 1.29 is 4.79 Å². The minimum absolute atomic E-state index is 0.0365.